The highest BCUT2D eigenvalue weighted by atomic mass is 19.1. The van der Waals surface area contributed by atoms with Gasteiger partial charge in [0.1, 0.15) is 23.1 Å². The Morgan fingerprint density at radius 1 is 1.07 bits per heavy atom. The molecule has 0 bridgehead atoms. The Bertz CT molecular complexity index is 914. The zero-order valence-corrected chi connectivity index (χ0v) is 15.5. The van der Waals surface area contributed by atoms with E-state index in [-0.39, 0.29) is 17.4 Å². The molecule has 0 aliphatic rings. The first-order valence-electron chi connectivity index (χ1n) is 8.85. The predicted molar refractivity (Wildman–Crippen MR) is 105 cm³/mol. The lowest BCUT2D eigenvalue weighted by molar-refractivity contribution is 0.0949. The van der Waals surface area contributed by atoms with E-state index >= 15 is 0 Å². The zero-order valence-electron chi connectivity index (χ0n) is 15.5. The first-order chi connectivity index (χ1) is 13.6. The highest BCUT2D eigenvalue weighted by Gasteiger charge is 2.08. The smallest absolute Gasteiger partial charge is 0.271 e. The predicted octanol–water partition coefficient (Wildman–Crippen LogP) is 3.21. The molecular formula is C21H21FN4O2. The van der Waals surface area contributed by atoms with Crippen LogP contribution in [0.4, 0.5) is 10.2 Å². The van der Waals surface area contributed by atoms with Crippen LogP contribution in [0.25, 0.3) is 0 Å². The molecule has 6 nitrogen and oxygen atoms in total. The number of benzene rings is 2. The average Bonchev–Trinajstić information content (AvgIpc) is 2.74. The van der Waals surface area contributed by atoms with E-state index in [0.29, 0.717) is 25.3 Å². The maximum Gasteiger partial charge on any atom is 0.271 e. The molecule has 7 heteroatoms. The number of hydrogen-bond donors (Lipinski definition) is 2. The molecular weight excluding hydrogens is 359 g/mol. The van der Waals surface area contributed by atoms with Crippen molar-refractivity contribution in [2.75, 3.05) is 19.0 Å². The topological polar surface area (TPSA) is 76.1 Å². The summed E-state index contributed by atoms with van der Waals surface area (Å²) >= 11 is 0. The summed E-state index contributed by atoms with van der Waals surface area (Å²) in [6.45, 7) is 0.972. The number of nitrogens with one attached hydrogen (secondary N) is 2. The van der Waals surface area contributed by atoms with E-state index in [4.69, 9.17) is 4.74 Å². The number of carbonyl (C=O) groups excluding carboxylic acids is 1. The molecule has 1 heterocycles. The van der Waals surface area contributed by atoms with Crippen LogP contribution in [-0.4, -0.2) is 29.5 Å². The van der Waals surface area contributed by atoms with Crippen molar-refractivity contribution in [1.29, 1.82) is 0 Å². The second-order valence-electron chi connectivity index (χ2n) is 6.12. The van der Waals surface area contributed by atoms with Crippen LogP contribution in [0.2, 0.25) is 0 Å². The van der Waals surface area contributed by atoms with Crippen molar-refractivity contribution >= 4 is 11.7 Å². The molecule has 0 atom stereocenters. The highest BCUT2D eigenvalue weighted by Crippen LogP contribution is 2.12. The van der Waals surface area contributed by atoms with Gasteiger partial charge in [0.2, 0.25) is 0 Å². The van der Waals surface area contributed by atoms with Crippen LogP contribution in [0.1, 0.15) is 21.6 Å². The third-order valence-corrected chi connectivity index (χ3v) is 4.10. The number of carbonyl (C=O) groups is 1. The monoisotopic (exact) mass is 380 g/mol. The molecule has 0 spiro atoms. The lowest BCUT2D eigenvalue weighted by Gasteiger charge is -2.08. The molecule has 2 aromatic carbocycles. The lowest BCUT2D eigenvalue weighted by atomic mass is 10.1. The van der Waals surface area contributed by atoms with Crippen LogP contribution >= 0.6 is 0 Å². The second kappa shape index (κ2) is 9.45. The molecule has 0 fully saturated rings. The minimum atomic E-state index is -0.277. The van der Waals surface area contributed by atoms with E-state index < -0.39 is 0 Å². The van der Waals surface area contributed by atoms with Crippen LogP contribution in [0.3, 0.4) is 0 Å². The molecule has 0 saturated carbocycles. The SMILES string of the molecule is COc1cccc(CCNC(=O)c2cnc(NCc3ccc(F)cc3)cn2)c1. The van der Waals surface area contributed by atoms with E-state index in [0.717, 1.165) is 16.9 Å². The first kappa shape index (κ1) is 19.3. The van der Waals surface area contributed by atoms with Crippen molar-refractivity contribution < 1.29 is 13.9 Å². The number of anilines is 1. The molecule has 3 rings (SSSR count). The molecule has 1 aromatic heterocycles. The summed E-state index contributed by atoms with van der Waals surface area (Å²) in [7, 11) is 1.62. The van der Waals surface area contributed by atoms with E-state index in [2.05, 4.69) is 20.6 Å². The molecule has 0 aliphatic heterocycles. The maximum absolute atomic E-state index is 12.9. The molecule has 3 aromatic rings. The Hall–Kier alpha value is -3.48. The van der Waals surface area contributed by atoms with Gasteiger partial charge in [-0.25, -0.2) is 14.4 Å². The van der Waals surface area contributed by atoms with Gasteiger partial charge in [0.15, 0.2) is 0 Å². The minimum absolute atomic E-state index is 0.248. The second-order valence-corrected chi connectivity index (χ2v) is 6.12. The van der Waals surface area contributed by atoms with Crippen molar-refractivity contribution in [2.24, 2.45) is 0 Å². The summed E-state index contributed by atoms with van der Waals surface area (Å²) in [6.07, 6.45) is 3.61. The normalized spacial score (nSPS) is 10.4. The number of amides is 1. The standard InChI is InChI=1S/C21H21FN4O2/c1-28-18-4-2-3-15(11-18)9-10-23-21(27)19-13-26-20(14-24-19)25-12-16-5-7-17(22)8-6-16/h2-8,11,13-14H,9-10,12H2,1H3,(H,23,27)(H,25,26). The van der Waals surface area contributed by atoms with Crippen molar-refractivity contribution in [1.82, 2.24) is 15.3 Å². The fraction of sp³-hybridized carbons (Fsp3) is 0.190. The third kappa shape index (κ3) is 5.51. The molecule has 0 unspecified atom stereocenters. The van der Waals surface area contributed by atoms with Crippen LogP contribution in [0, 0.1) is 5.82 Å². The molecule has 0 saturated heterocycles. The molecule has 28 heavy (non-hydrogen) atoms. The number of aromatic nitrogens is 2. The van der Waals surface area contributed by atoms with Gasteiger partial charge in [0.05, 0.1) is 19.5 Å². The van der Waals surface area contributed by atoms with E-state index in [1.54, 1.807) is 19.2 Å². The van der Waals surface area contributed by atoms with Gasteiger partial charge in [-0.15, -0.1) is 0 Å². The van der Waals surface area contributed by atoms with Crippen molar-refractivity contribution in [3.05, 3.63) is 83.6 Å². The van der Waals surface area contributed by atoms with Crippen molar-refractivity contribution in [3.8, 4) is 5.75 Å². The zero-order chi connectivity index (χ0) is 19.8. The summed E-state index contributed by atoms with van der Waals surface area (Å²) in [4.78, 5) is 20.5. The van der Waals surface area contributed by atoms with Crippen molar-refractivity contribution in [3.63, 3.8) is 0 Å². The van der Waals surface area contributed by atoms with Crippen LogP contribution in [0.15, 0.2) is 60.9 Å². The van der Waals surface area contributed by atoms with Gasteiger partial charge >= 0.3 is 0 Å². The van der Waals surface area contributed by atoms with Crippen LogP contribution < -0.4 is 15.4 Å². The average molecular weight is 380 g/mol. The molecule has 1 amide bonds. The van der Waals surface area contributed by atoms with E-state index in [1.807, 2.05) is 24.3 Å². The van der Waals surface area contributed by atoms with Gasteiger partial charge in [-0.3, -0.25) is 4.79 Å². The summed E-state index contributed by atoms with van der Waals surface area (Å²) in [5.41, 5.74) is 2.24. The largest absolute Gasteiger partial charge is 0.497 e. The number of halogens is 1. The van der Waals surface area contributed by atoms with E-state index in [9.17, 15) is 9.18 Å². The summed E-state index contributed by atoms with van der Waals surface area (Å²) in [5, 5.41) is 5.91. The Morgan fingerprint density at radius 2 is 1.89 bits per heavy atom. The lowest BCUT2D eigenvalue weighted by Crippen LogP contribution is -2.26. The van der Waals surface area contributed by atoms with Gasteiger partial charge in [0.25, 0.3) is 5.91 Å². The Balaban J connectivity index is 1.47. The quantitative estimate of drug-likeness (QED) is 0.628. The summed E-state index contributed by atoms with van der Waals surface area (Å²) in [6, 6.07) is 13.9. The minimum Gasteiger partial charge on any atom is -0.497 e. The van der Waals surface area contributed by atoms with Gasteiger partial charge < -0.3 is 15.4 Å². The number of rotatable bonds is 8. The molecule has 2 N–H and O–H groups in total. The molecule has 0 radical (unpaired) electrons. The van der Waals surface area contributed by atoms with Crippen LogP contribution in [0.5, 0.6) is 5.75 Å². The van der Waals surface area contributed by atoms with Crippen molar-refractivity contribution in [2.45, 2.75) is 13.0 Å². The van der Waals surface area contributed by atoms with Crippen LogP contribution in [-0.2, 0) is 13.0 Å². The first-order valence-corrected chi connectivity index (χ1v) is 8.85. The van der Waals surface area contributed by atoms with Gasteiger partial charge in [-0.05, 0) is 41.8 Å². The fourth-order valence-electron chi connectivity index (χ4n) is 2.57. The fourth-order valence-corrected chi connectivity index (χ4v) is 2.57. The maximum atomic E-state index is 12.9. The summed E-state index contributed by atoms with van der Waals surface area (Å²) < 4.78 is 18.1. The Labute approximate surface area is 162 Å². The number of hydrogen-bond acceptors (Lipinski definition) is 5. The number of ether oxygens (including phenoxy) is 1. The molecule has 0 aliphatic carbocycles. The van der Waals surface area contributed by atoms with E-state index in [1.165, 1.54) is 24.5 Å². The highest BCUT2D eigenvalue weighted by molar-refractivity contribution is 5.91. The third-order valence-electron chi connectivity index (χ3n) is 4.10. The van der Waals surface area contributed by atoms with Gasteiger partial charge in [-0.2, -0.15) is 0 Å². The number of methoxy groups -OCH3 is 1. The molecule has 144 valence electrons. The summed E-state index contributed by atoms with van der Waals surface area (Å²) in [5.74, 6) is 0.779. The van der Waals surface area contributed by atoms with Gasteiger partial charge in [0, 0.05) is 13.1 Å². The van der Waals surface area contributed by atoms with Gasteiger partial charge in [-0.1, -0.05) is 24.3 Å². The Kier molecular flexibility index (Phi) is 6.51. The Morgan fingerprint density at radius 3 is 2.61 bits per heavy atom. The number of nitrogens with zero attached hydrogens (tertiary/aromatic N) is 2.